The Balaban J connectivity index is 2.53. The van der Waals surface area contributed by atoms with Crippen LogP contribution in [0.25, 0.3) is 0 Å². The molecule has 2 heterocycles. The van der Waals surface area contributed by atoms with Gasteiger partial charge >= 0.3 is 6.09 Å². The number of hydrogen-bond acceptors (Lipinski definition) is 5. The Labute approximate surface area is 198 Å². The number of aromatic nitrogens is 3. The first-order chi connectivity index (χ1) is 14.8. The molecule has 0 saturated carbocycles. The van der Waals surface area contributed by atoms with Crippen LogP contribution in [-0.2, 0) is 11.3 Å². The molecule has 0 bridgehead atoms. The smallest absolute Gasteiger partial charge is 0.410 e. The maximum atomic E-state index is 14.7. The van der Waals surface area contributed by atoms with Crippen molar-refractivity contribution in [2.24, 2.45) is 0 Å². The van der Waals surface area contributed by atoms with Gasteiger partial charge in [0.05, 0.1) is 23.3 Å². The van der Waals surface area contributed by atoms with Gasteiger partial charge in [-0.15, -0.1) is 0 Å². The average molecular weight is 481 g/mol. The quantitative estimate of drug-likeness (QED) is 0.305. The van der Waals surface area contributed by atoms with Crippen molar-refractivity contribution < 1.29 is 13.9 Å². The third kappa shape index (κ3) is 6.78. The molecule has 172 valence electrons. The Morgan fingerprint density at radius 3 is 2.38 bits per heavy atom. The van der Waals surface area contributed by atoms with E-state index in [-0.39, 0.29) is 40.1 Å². The molecule has 0 fully saturated rings. The Morgan fingerprint density at radius 2 is 1.81 bits per heavy atom. The maximum absolute atomic E-state index is 14.7. The molecule has 0 spiro atoms. The summed E-state index contributed by atoms with van der Waals surface area (Å²) in [6.45, 7) is 13.2. The third-order valence-electron chi connectivity index (χ3n) is 4.35. The number of ether oxygens (including phenoxy) is 1. The summed E-state index contributed by atoms with van der Waals surface area (Å²) in [7, 11) is 0. The summed E-state index contributed by atoms with van der Waals surface area (Å²) in [4.78, 5) is 26.0. The van der Waals surface area contributed by atoms with Gasteiger partial charge in [0.25, 0.3) is 0 Å². The van der Waals surface area contributed by atoms with Crippen LogP contribution in [0.15, 0.2) is 12.4 Å². The van der Waals surface area contributed by atoms with Gasteiger partial charge in [0.15, 0.2) is 0 Å². The fourth-order valence-corrected chi connectivity index (χ4v) is 3.23. The van der Waals surface area contributed by atoms with Crippen LogP contribution in [-0.4, -0.2) is 37.6 Å². The normalized spacial score (nSPS) is 11.4. The highest BCUT2D eigenvalue weighted by Gasteiger charge is 2.26. The van der Waals surface area contributed by atoms with Crippen molar-refractivity contribution in [3.63, 3.8) is 0 Å². The van der Waals surface area contributed by atoms with Gasteiger partial charge in [-0.25, -0.2) is 19.7 Å². The van der Waals surface area contributed by atoms with Gasteiger partial charge in [0.2, 0.25) is 11.2 Å². The van der Waals surface area contributed by atoms with Gasteiger partial charge in [-0.2, -0.15) is 4.39 Å². The van der Waals surface area contributed by atoms with E-state index in [0.29, 0.717) is 11.1 Å². The first kappa shape index (κ1) is 25.8. The number of hydrogen-bond donors (Lipinski definition) is 0. The fraction of sp³-hybridized carbons (Fsp3) is 0.478. The lowest BCUT2D eigenvalue weighted by atomic mass is 9.93. The van der Waals surface area contributed by atoms with E-state index in [1.54, 1.807) is 25.7 Å². The standard InChI is InChI=1S/C23H27Cl2FN4O2/c1-13(2)19-15(12-30(14(3)4)22(31)32-23(5,6)7)10-27-20(26)16(19)8-9-18-17(24)11-28-21(25)29-18/h10-11,13-14H,12H2,1-7H3. The minimum atomic E-state index is -0.713. The minimum absolute atomic E-state index is 0.0138. The molecule has 0 atom stereocenters. The van der Waals surface area contributed by atoms with Gasteiger partial charge in [-0.05, 0) is 69.2 Å². The lowest BCUT2D eigenvalue weighted by molar-refractivity contribution is 0.0171. The summed E-state index contributed by atoms with van der Waals surface area (Å²) >= 11 is 11.9. The largest absolute Gasteiger partial charge is 0.444 e. The molecule has 0 radical (unpaired) electrons. The van der Waals surface area contributed by atoms with Gasteiger partial charge in [0.1, 0.15) is 11.3 Å². The molecule has 0 aliphatic rings. The molecule has 6 nitrogen and oxygen atoms in total. The van der Waals surface area contributed by atoms with Crippen LogP contribution in [0.4, 0.5) is 9.18 Å². The molecule has 2 rings (SSSR count). The molecule has 0 aliphatic carbocycles. The zero-order valence-corrected chi connectivity index (χ0v) is 20.8. The van der Waals surface area contributed by atoms with Gasteiger partial charge < -0.3 is 9.64 Å². The molecule has 0 N–H and O–H groups in total. The molecule has 32 heavy (non-hydrogen) atoms. The van der Waals surface area contributed by atoms with Crippen molar-refractivity contribution in [2.45, 2.75) is 72.6 Å². The molecule has 2 aromatic heterocycles. The lowest BCUT2D eigenvalue weighted by Crippen LogP contribution is -2.40. The summed E-state index contributed by atoms with van der Waals surface area (Å²) in [5, 5.41) is 0.188. The van der Waals surface area contributed by atoms with Crippen LogP contribution in [0.3, 0.4) is 0 Å². The molecule has 0 unspecified atom stereocenters. The summed E-state index contributed by atoms with van der Waals surface area (Å²) < 4.78 is 20.3. The summed E-state index contributed by atoms with van der Waals surface area (Å²) in [5.74, 6) is 4.76. The Morgan fingerprint density at radius 1 is 1.16 bits per heavy atom. The molecule has 9 heteroatoms. The van der Waals surface area contributed by atoms with E-state index in [9.17, 15) is 9.18 Å². The molecule has 0 aliphatic heterocycles. The highest BCUT2D eigenvalue weighted by Crippen LogP contribution is 2.27. The number of pyridine rings is 1. The van der Waals surface area contributed by atoms with E-state index in [1.807, 2.05) is 27.7 Å². The van der Waals surface area contributed by atoms with Crippen molar-refractivity contribution in [3.8, 4) is 11.8 Å². The Bertz CT molecular complexity index is 1060. The molecule has 1 amide bonds. The Hall–Kier alpha value is -2.43. The van der Waals surface area contributed by atoms with E-state index >= 15 is 0 Å². The van der Waals surface area contributed by atoms with Crippen LogP contribution in [0.5, 0.6) is 0 Å². The van der Waals surface area contributed by atoms with Crippen LogP contribution in [0, 0.1) is 17.8 Å². The molecule has 2 aromatic rings. The third-order valence-corrected chi connectivity index (χ3v) is 4.80. The Kier molecular flexibility index (Phi) is 8.44. The van der Waals surface area contributed by atoms with Crippen LogP contribution in [0.2, 0.25) is 10.3 Å². The van der Waals surface area contributed by atoms with Gasteiger partial charge in [0, 0.05) is 12.2 Å². The number of nitrogens with zero attached hydrogens (tertiary/aromatic N) is 4. The van der Waals surface area contributed by atoms with E-state index in [2.05, 4.69) is 26.8 Å². The van der Waals surface area contributed by atoms with E-state index < -0.39 is 17.6 Å². The number of rotatable bonds is 4. The first-order valence-corrected chi connectivity index (χ1v) is 10.9. The second-order valence-electron chi connectivity index (χ2n) is 8.81. The first-order valence-electron chi connectivity index (χ1n) is 10.2. The van der Waals surface area contributed by atoms with Gasteiger partial charge in [-0.3, -0.25) is 0 Å². The number of carbonyl (C=O) groups is 1. The molecule has 0 aromatic carbocycles. The molecule has 0 saturated heterocycles. The lowest BCUT2D eigenvalue weighted by Gasteiger charge is -2.31. The number of amides is 1. The van der Waals surface area contributed by atoms with E-state index in [4.69, 9.17) is 27.9 Å². The van der Waals surface area contributed by atoms with Crippen molar-refractivity contribution >= 4 is 29.3 Å². The summed E-state index contributed by atoms with van der Waals surface area (Å²) in [5.41, 5.74) is 0.994. The topological polar surface area (TPSA) is 68.2 Å². The predicted octanol–water partition coefficient (Wildman–Crippen LogP) is 5.99. The van der Waals surface area contributed by atoms with Crippen molar-refractivity contribution in [2.75, 3.05) is 0 Å². The molecular formula is C23H27Cl2FN4O2. The zero-order chi connectivity index (χ0) is 24.2. The van der Waals surface area contributed by atoms with Crippen LogP contribution < -0.4 is 0 Å². The predicted molar refractivity (Wildman–Crippen MR) is 123 cm³/mol. The summed E-state index contributed by atoms with van der Waals surface area (Å²) in [6, 6.07) is -0.147. The monoisotopic (exact) mass is 480 g/mol. The maximum Gasteiger partial charge on any atom is 0.410 e. The average Bonchev–Trinajstić information content (AvgIpc) is 2.66. The SMILES string of the molecule is CC(C)c1c(CN(C(=O)OC(C)(C)C)C(C)C)cnc(F)c1C#Cc1nc(Cl)ncc1Cl. The van der Waals surface area contributed by atoms with Crippen LogP contribution >= 0.6 is 23.2 Å². The van der Waals surface area contributed by atoms with E-state index in [0.717, 1.165) is 0 Å². The fourth-order valence-electron chi connectivity index (χ4n) is 2.96. The van der Waals surface area contributed by atoms with Crippen LogP contribution in [0.1, 0.15) is 76.8 Å². The highest BCUT2D eigenvalue weighted by atomic mass is 35.5. The number of carbonyl (C=O) groups excluding carboxylic acids is 1. The van der Waals surface area contributed by atoms with Crippen molar-refractivity contribution in [1.82, 2.24) is 19.9 Å². The van der Waals surface area contributed by atoms with Crippen molar-refractivity contribution in [3.05, 3.63) is 51.0 Å². The second-order valence-corrected chi connectivity index (χ2v) is 9.55. The van der Waals surface area contributed by atoms with Crippen molar-refractivity contribution in [1.29, 1.82) is 0 Å². The minimum Gasteiger partial charge on any atom is -0.444 e. The van der Waals surface area contributed by atoms with Gasteiger partial charge in [-0.1, -0.05) is 31.4 Å². The highest BCUT2D eigenvalue weighted by molar-refractivity contribution is 6.32. The molecular weight excluding hydrogens is 454 g/mol. The zero-order valence-electron chi connectivity index (χ0n) is 19.3. The summed E-state index contributed by atoms with van der Waals surface area (Å²) in [6.07, 6.45) is 2.31. The second kappa shape index (κ2) is 10.5. The van der Waals surface area contributed by atoms with E-state index in [1.165, 1.54) is 12.4 Å². The number of halogens is 3.